The molecule has 3 heteroatoms. The van der Waals surface area contributed by atoms with Gasteiger partial charge in [0.2, 0.25) is 0 Å². The van der Waals surface area contributed by atoms with Crippen molar-refractivity contribution in [3.8, 4) is 39.3 Å². The van der Waals surface area contributed by atoms with Gasteiger partial charge in [0.15, 0.2) is 0 Å². The number of rotatable bonds is 5. The Balaban J connectivity index is 1.23. The van der Waals surface area contributed by atoms with Gasteiger partial charge in [-0.05, 0) is 89.0 Å². The average molecular weight is 676 g/mol. The molecule has 0 spiro atoms. The first kappa shape index (κ1) is 29.6. The van der Waals surface area contributed by atoms with Crippen LogP contribution in [0.1, 0.15) is 0 Å². The minimum atomic E-state index is 1.12. The van der Waals surface area contributed by atoms with Crippen LogP contribution in [0.5, 0.6) is 0 Å². The molecule has 11 rings (SSSR count). The predicted octanol–water partition coefficient (Wildman–Crippen LogP) is 13.2. The molecule has 0 bridgehead atoms. The molecule has 3 nitrogen and oxygen atoms in total. The first-order valence-electron chi connectivity index (χ1n) is 18.2. The van der Waals surface area contributed by atoms with Gasteiger partial charge in [0.05, 0.1) is 27.6 Å². The quantitative estimate of drug-likeness (QED) is 0.172. The summed E-state index contributed by atoms with van der Waals surface area (Å²) in [5.74, 6) is 0. The van der Waals surface area contributed by atoms with E-state index in [9.17, 15) is 0 Å². The highest BCUT2D eigenvalue weighted by atomic mass is 15.0. The molecule has 0 fully saturated rings. The fourth-order valence-corrected chi connectivity index (χ4v) is 8.40. The third kappa shape index (κ3) is 4.68. The van der Waals surface area contributed by atoms with E-state index >= 15 is 0 Å². The molecular formula is C50H33N3. The van der Waals surface area contributed by atoms with Gasteiger partial charge in [-0.25, -0.2) is 0 Å². The van der Waals surface area contributed by atoms with Gasteiger partial charge in [-0.2, -0.15) is 0 Å². The fourth-order valence-electron chi connectivity index (χ4n) is 8.40. The van der Waals surface area contributed by atoms with E-state index in [0.717, 1.165) is 17.1 Å². The van der Waals surface area contributed by atoms with E-state index in [1.807, 2.05) is 0 Å². The maximum Gasteiger partial charge on any atom is 0.0562 e. The summed E-state index contributed by atoms with van der Waals surface area (Å²) in [7, 11) is 0. The van der Waals surface area contributed by atoms with Crippen molar-refractivity contribution < 1.29 is 0 Å². The van der Waals surface area contributed by atoms with E-state index in [1.165, 1.54) is 76.8 Å². The minimum absolute atomic E-state index is 1.12. The average Bonchev–Trinajstić information content (AvgIpc) is 3.90. The standard InChI is InChI=1S/C50H33N3/c1-4-14-34(15-5-1)36-24-25-44-42-20-10-12-22-46(42)52(49(44)31-36)40-28-38(35-16-6-2-7-17-35)29-41(32-40)53-47-23-13-11-21-43(47)45-30-37-26-27-51(48(37)33-50(45)53)39-18-8-3-9-19-39/h1-33H. The summed E-state index contributed by atoms with van der Waals surface area (Å²) < 4.78 is 7.22. The number of nitrogens with zero attached hydrogens (tertiary/aromatic N) is 3. The van der Waals surface area contributed by atoms with Crippen LogP contribution in [0, 0.1) is 0 Å². The van der Waals surface area contributed by atoms with Gasteiger partial charge >= 0.3 is 0 Å². The maximum atomic E-state index is 2.46. The lowest BCUT2D eigenvalue weighted by Gasteiger charge is -2.16. The minimum Gasteiger partial charge on any atom is -0.316 e. The summed E-state index contributed by atoms with van der Waals surface area (Å²) in [6, 6.07) is 70.6. The Bertz CT molecular complexity index is 3150. The van der Waals surface area contributed by atoms with E-state index < -0.39 is 0 Å². The van der Waals surface area contributed by atoms with Gasteiger partial charge in [0.1, 0.15) is 0 Å². The van der Waals surface area contributed by atoms with Crippen molar-refractivity contribution >= 4 is 54.5 Å². The van der Waals surface area contributed by atoms with Crippen molar-refractivity contribution in [3.05, 3.63) is 200 Å². The highest BCUT2D eigenvalue weighted by Crippen LogP contribution is 2.40. The van der Waals surface area contributed by atoms with Gasteiger partial charge in [0.25, 0.3) is 0 Å². The molecule has 0 radical (unpaired) electrons. The van der Waals surface area contributed by atoms with Crippen LogP contribution < -0.4 is 0 Å². The zero-order valence-corrected chi connectivity index (χ0v) is 28.9. The van der Waals surface area contributed by atoms with E-state index in [1.54, 1.807) is 0 Å². The zero-order chi connectivity index (χ0) is 34.9. The molecule has 3 aromatic heterocycles. The molecule has 0 aliphatic rings. The van der Waals surface area contributed by atoms with Crippen LogP contribution in [-0.4, -0.2) is 13.7 Å². The second kappa shape index (κ2) is 11.7. The summed E-state index contributed by atoms with van der Waals surface area (Å²) >= 11 is 0. The Morgan fingerprint density at radius 2 is 0.792 bits per heavy atom. The lowest BCUT2D eigenvalue weighted by atomic mass is 10.0. The van der Waals surface area contributed by atoms with Gasteiger partial charge in [-0.15, -0.1) is 0 Å². The van der Waals surface area contributed by atoms with E-state index in [-0.39, 0.29) is 0 Å². The molecule has 53 heavy (non-hydrogen) atoms. The molecule has 8 aromatic carbocycles. The Morgan fingerprint density at radius 1 is 0.264 bits per heavy atom. The van der Waals surface area contributed by atoms with Crippen molar-refractivity contribution in [2.75, 3.05) is 0 Å². The number of aromatic nitrogens is 3. The van der Waals surface area contributed by atoms with Crippen molar-refractivity contribution in [3.63, 3.8) is 0 Å². The maximum absolute atomic E-state index is 2.46. The van der Waals surface area contributed by atoms with Crippen LogP contribution in [0.25, 0.3) is 93.8 Å². The lowest BCUT2D eigenvalue weighted by Crippen LogP contribution is -2.00. The third-order valence-corrected chi connectivity index (χ3v) is 10.8. The molecule has 0 atom stereocenters. The molecule has 11 aromatic rings. The predicted molar refractivity (Wildman–Crippen MR) is 223 cm³/mol. The number of hydrogen-bond acceptors (Lipinski definition) is 0. The van der Waals surface area contributed by atoms with Crippen molar-refractivity contribution in [2.45, 2.75) is 0 Å². The van der Waals surface area contributed by atoms with Crippen LogP contribution in [0.15, 0.2) is 200 Å². The molecule has 3 heterocycles. The van der Waals surface area contributed by atoms with Crippen LogP contribution in [-0.2, 0) is 0 Å². The lowest BCUT2D eigenvalue weighted by molar-refractivity contribution is 1.12. The van der Waals surface area contributed by atoms with E-state index in [4.69, 9.17) is 0 Å². The van der Waals surface area contributed by atoms with Gasteiger partial charge in [-0.3, -0.25) is 0 Å². The number of benzene rings is 8. The van der Waals surface area contributed by atoms with Crippen LogP contribution >= 0.6 is 0 Å². The number of hydrogen-bond donors (Lipinski definition) is 0. The molecule has 0 saturated carbocycles. The molecule has 0 saturated heterocycles. The van der Waals surface area contributed by atoms with E-state index in [2.05, 4.69) is 214 Å². The summed E-state index contributed by atoms with van der Waals surface area (Å²) in [5, 5.41) is 6.20. The highest BCUT2D eigenvalue weighted by Gasteiger charge is 2.19. The van der Waals surface area contributed by atoms with Gasteiger partial charge in [-0.1, -0.05) is 127 Å². The second-order valence-corrected chi connectivity index (χ2v) is 13.9. The molecule has 0 N–H and O–H groups in total. The third-order valence-electron chi connectivity index (χ3n) is 10.8. The smallest absolute Gasteiger partial charge is 0.0562 e. The van der Waals surface area contributed by atoms with Crippen molar-refractivity contribution in [1.29, 1.82) is 0 Å². The summed E-state index contributed by atoms with van der Waals surface area (Å²) in [5.41, 5.74) is 14.1. The highest BCUT2D eigenvalue weighted by molar-refractivity contribution is 6.14. The van der Waals surface area contributed by atoms with E-state index in [0.29, 0.717) is 0 Å². The largest absolute Gasteiger partial charge is 0.316 e. The van der Waals surface area contributed by atoms with Gasteiger partial charge in [0, 0.05) is 50.2 Å². The summed E-state index contributed by atoms with van der Waals surface area (Å²) in [6.07, 6.45) is 2.19. The van der Waals surface area contributed by atoms with Crippen LogP contribution in [0.3, 0.4) is 0 Å². The van der Waals surface area contributed by atoms with Crippen molar-refractivity contribution in [1.82, 2.24) is 13.7 Å². The topological polar surface area (TPSA) is 14.8 Å². The second-order valence-electron chi connectivity index (χ2n) is 13.9. The molecule has 0 aliphatic heterocycles. The SMILES string of the molecule is c1ccc(-c2cc(-n3c4ccccc4c4ccc(-c5ccccc5)cc43)cc(-n3c4ccccc4c4cc5ccn(-c6ccccc6)c5cc43)c2)cc1. The zero-order valence-electron chi connectivity index (χ0n) is 28.9. The van der Waals surface area contributed by atoms with Gasteiger partial charge < -0.3 is 13.7 Å². The Labute approximate surface area is 306 Å². The van der Waals surface area contributed by atoms with Crippen LogP contribution in [0.2, 0.25) is 0 Å². The molecule has 0 aliphatic carbocycles. The molecule has 0 amide bonds. The fraction of sp³-hybridized carbons (Fsp3) is 0. The Morgan fingerprint density at radius 3 is 1.45 bits per heavy atom. The summed E-state index contributed by atoms with van der Waals surface area (Å²) in [4.78, 5) is 0. The number of fused-ring (bicyclic) bond motifs is 7. The molecular weight excluding hydrogens is 643 g/mol. The molecule has 248 valence electrons. The Kier molecular flexibility index (Phi) is 6.55. The monoisotopic (exact) mass is 675 g/mol. The first-order valence-corrected chi connectivity index (χ1v) is 18.2. The Hall–Kier alpha value is -7.10. The van der Waals surface area contributed by atoms with Crippen LogP contribution in [0.4, 0.5) is 0 Å². The first-order chi connectivity index (χ1) is 26.3. The normalized spacial score (nSPS) is 11.8. The molecule has 0 unspecified atom stereocenters. The van der Waals surface area contributed by atoms with Crippen molar-refractivity contribution in [2.24, 2.45) is 0 Å². The summed E-state index contributed by atoms with van der Waals surface area (Å²) in [6.45, 7) is 0. The number of para-hydroxylation sites is 3.